The summed E-state index contributed by atoms with van der Waals surface area (Å²) in [7, 11) is 2.16. The number of nitrogens with one attached hydrogen (secondary N) is 1. The lowest BCUT2D eigenvalue weighted by Gasteiger charge is -2.32. The summed E-state index contributed by atoms with van der Waals surface area (Å²) < 4.78 is 0. The molecule has 12 heavy (non-hydrogen) atoms. The molecule has 1 saturated heterocycles. The van der Waals surface area contributed by atoms with Crippen molar-refractivity contribution in [2.45, 2.75) is 6.92 Å². The van der Waals surface area contributed by atoms with Crippen LogP contribution in [0.4, 0.5) is 0 Å². The molecule has 0 aliphatic carbocycles. The molecule has 0 aromatic heterocycles. The first-order valence-corrected chi connectivity index (χ1v) is 4.74. The SMILES string of the molecule is CC(=S)NCN1CCN(C)CC1. The zero-order chi connectivity index (χ0) is 8.97. The van der Waals surface area contributed by atoms with Crippen LogP contribution in [0, 0.1) is 0 Å². The van der Waals surface area contributed by atoms with Gasteiger partial charge in [0.1, 0.15) is 0 Å². The van der Waals surface area contributed by atoms with Gasteiger partial charge in [-0.1, -0.05) is 12.2 Å². The number of hydrogen-bond acceptors (Lipinski definition) is 3. The summed E-state index contributed by atoms with van der Waals surface area (Å²) in [6.45, 7) is 7.45. The summed E-state index contributed by atoms with van der Waals surface area (Å²) >= 11 is 4.94. The molecule has 1 N–H and O–H groups in total. The monoisotopic (exact) mass is 187 g/mol. The summed E-state index contributed by atoms with van der Waals surface area (Å²) in [6.07, 6.45) is 0. The lowest BCUT2D eigenvalue weighted by atomic mass is 10.3. The number of nitrogens with zero attached hydrogens (tertiary/aromatic N) is 2. The first-order valence-electron chi connectivity index (χ1n) is 4.34. The molecule has 0 bridgehead atoms. The molecule has 1 aliphatic rings. The van der Waals surface area contributed by atoms with E-state index < -0.39 is 0 Å². The van der Waals surface area contributed by atoms with E-state index in [1.165, 1.54) is 0 Å². The lowest BCUT2D eigenvalue weighted by molar-refractivity contribution is 0.152. The molecule has 70 valence electrons. The van der Waals surface area contributed by atoms with Gasteiger partial charge in [0.2, 0.25) is 0 Å². The highest BCUT2D eigenvalue weighted by Crippen LogP contribution is 1.96. The molecule has 0 atom stereocenters. The van der Waals surface area contributed by atoms with Gasteiger partial charge in [-0.2, -0.15) is 0 Å². The van der Waals surface area contributed by atoms with E-state index in [1.807, 2.05) is 6.92 Å². The summed E-state index contributed by atoms with van der Waals surface area (Å²) in [6, 6.07) is 0. The van der Waals surface area contributed by atoms with Gasteiger partial charge in [-0.3, -0.25) is 4.90 Å². The van der Waals surface area contributed by atoms with E-state index >= 15 is 0 Å². The molecule has 0 aromatic carbocycles. The van der Waals surface area contributed by atoms with E-state index in [1.54, 1.807) is 0 Å². The third-order valence-electron chi connectivity index (χ3n) is 2.15. The Balaban J connectivity index is 2.13. The van der Waals surface area contributed by atoms with Crippen LogP contribution in [0.15, 0.2) is 0 Å². The van der Waals surface area contributed by atoms with Crippen LogP contribution >= 0.6 is 12.2 Å². The Morgan fingerprint density at radius 2 is 1.92 bits per heavy atom. The van der Waals surface area contributed by atoms with Gasteiger partial charge in [-0.25, -0.2) is 0 Å². The van der Waals surface area contributed by atoms with E-state index in [4.69, 9.17) is 12.2 Å². The molecule has 3 nitrogen and oxygen atoms in total. The van der Waals surface area contributed by atoms with Gasteiger partial charge in [-0.15, -0.1) is 0 Å². The molecular formula is C8H17N3S. The lowest BCUT2D eigenvalue weighted by Crippen LogP contribution is -2.48. The van der Waals surface area contributed by atoms with Crippen LogP contribution in [0.1, 0.15) is 6.92 Å². The van der Waals surface area contributed by atoms with E-state index in [0.717, 1.165) is 37.8 Å². The first kappa shape index (κ1) is 9.89. The third-order valence-corrected chi connectivity index (χ3v) is 2.29. The summed E-state index contributed by atoms with van der Waals surface area (Å²) in [5, 5.41) is 3.17. The van der Waals surface area contributed by atoms with Crippen molar-refractivity contribution >= 4 is 17.2 Å². The average Bonchev–Trinajstić information content (AvgIpc) is 2.03. The molecule has 4 heteroatoms. The fourth-order valence-electron chi connectivity index (χ4n) is 1.23. The second-order valence-corrected chi connectivity index (χ2v) is 3.92. The second kappa shape index (κ2) is 4.74. The molecule has 1 rings (SSSR count). The van der Waals surface area contributed by atoms with Crippen molar-refractivity contribution in [3.05, 3.63) is 0 Å². The highest BCUT2D eigenvalue weighted by Gasteiger charge is 2.12. The largest absolute Gasteiger partial charge is 0.367 e. The van der Waals surface area contributed by atoms with E-state index in [0.29, 0.717) is 0 Å². The Bertz CT molecular complexity index is 152. The minimum Gasteiger partial charge on any atom is -0.367 e. The van der Waals surface area contributed by atoms with E-state index in [9.17, 15) is 0 Å². The Morgan fingerprint density at radius 1 is 1.33 bits per heavy atom. The molecule has 0 aromatic rings. The number of likely N-dealkylation sites (N-methyl/N-ethyl adjacent to an activating group) is 1. The molecule has 0 saturated carbocycles. The Kier molecular flexibility index (Phi) is 3.91. The molecule has 0 radical (unpaired) electrons. The van der Waals surface area contributed by atoms with E-state index in [2.05, 4.69) is 22.2 Å². The van der Waals surface area contributed by atoms with Crippen LogP contribution in [0.25, 0.3) is 0 Å². The first-order chi connectivity index (χ1) is 5.68. The van der Waals surface area contributed by atoms with Gasteiger partial charge < -0.3 is 10.2 Å². The fraction of sp³-hybridized carbons (Fsp3) is 0.875. The Labute approximate surface area is 79.7 Å². The predicted octanol–water partition coefficient (Wildman–Crippen LogP) is 0.128. The van der Waals surface area contributed by atoms with Crippen LogP contribution in [-0.2, 0) is 0 Å². The summed E-state index contributed by atoms with van der Waals surface area (Å²) in [5.41, 5.74) is 0. The molecule has 1 fully saturated rings. The maximum atomic E-state index is 4.94. The molecule has 0 unspecified atom stereocenters. The van der Waals surface area contributed by atoms with Crippen molar-refractivity contribution in [2.75, 3.05) is 39.9 Å². The third kappa shape index (κ3) is 3.47. The number of thiocarbonyl (C=S) groups is 1. The average molecular weight is 187 g/mol. The van der Waals surface area contributed by atoms with Crippen LogP contribution in [-0.4, -0.2) is 54.7 Å². The van der Waals surface area contributed by atoms with Crippen molar-refractivity contribution in [1.82, 2.24) is 15.1 Å². The molecule has 0 spiro atoms. The van der Waals surface area contributed by atoms with Crippen molar-refractivity contribution in [2.24, 2.45) is 0 Å². The van der Waals surface area contributed by atoms with Gasteiger partial charge in [-0.05, 0) is 14.0 Å². The fourth-order valence-corrected chi connectivity index (χ4v) is 1.29. The Morgan fingerprint density at radius 3 is 2.42 bits per heavy atom. The second-order valence-electron chi connectivity index (χ2n) is 3.31. The van der Waals surface area contributed by atoms with E-state index in [-0.39, 0.29) is 0 Å². The summed E-state index contributed by atoms with van der Waals surface area (Å²) in [5.74, 6) is 0. The number of rotatable bonds is 2. The van der Waals surface area contributed by atoms with Crippen molar-refractivity contribution in [3.8, 4) is 0 Å². The number of hydrogen-bond donors (Lipinski definition) is 1. The van der Waals surface area contributed by atoms with Gasteiger partial charge in [0.25, 0.3) is 0 Å². The number of piperazine rings is 1. The van der Waals surface area contributed by atoms with Crippen LogP contribution < -0.4 is 5.32 Å². The Hall–Kier alpha value is -0.190. The van der Waals surface area contributed by atoms with Crippen LogP contribution in [0.2, 0.25) is 0 Å². The topological polar surface area (TPSA) is 18.5 Å². The van der Waals surface area contributed by atoms with Crippen LogP contribution in [0.3, 0.4) is 0 Å². The van der Waals surface area contributed by atoms with Gasteiger partial charge >= 0.3 is 0 Å². The van der Waals surface area contributed by atoms with Crippen molar-refractivity contribution < 1.29 is 0 Å². The molecule has 1 aliphatic heterocycles. The van der Waals surface area contributed by atoms with Crippen molar-refractivity contribution in [3.63, 3.8) is 0 Å². The molecule has 0 amide bonds. The zero-order valence-electron chi connectivity index (χ0n) is 7.84. The summed E-state index contributed by atoms with van der Waals surface area (Å²) in [4.78, 5) is 5.62. The minimum atomic E-state index is 0.883. The van der Waals surface area contributed by atoms with Crippen molar-refractivity contribution in [1.29, 1.82) is 0 Å². The maximum Gasteiger partial charge on any atom is 0.0731 e. The highest BCUT2D eigenvalue weighted by atomic mass is 32.1. The molecule has 1 heterocycles. The quantitative estimate of drug-likeness (QED) is 0.619. The molecular weight excluding hydrogens is 170 g/mol. The standard InChI is InChI=1S/C8H17N3S/c1-8(12)9-7-11-5-3-10(2)4-6-11/h3-7H2,1-2H3,(H,9,12). The predicted molar refractivity (Wildman–Crippen MR) is 55.3 cm³/mol. The maximum absolute atomic E-state index is 4.94. The smallest absolute Gasteiger partial charge is 0.0731 e. The van der Waals surface area contributed by atoms with Crippen LogP contribution in [0.5, 0.6) is 0 Å². The normalized spacial score (nSPS) is 20.8. The van der Waals surface area contributed by atoms with Gasteiger partial charge in [0.05, 0.1) is 11.7 Å². The van der Waals surface area contributed by atoms with Gasteiger partial charge in [0, 0.05) is 26.2 Å². The van der Waals surface area contributed by atoms with Gasteiger partial charge in [0.15, 0.2) is 0 Å². The zero-order valence-corrected chi connectivity index (χ0v) is 8.65. The highest BCUT2D eigenvalue weighted by molar-refractivity contribution is 7.80. The minimum absolute atomic E-state index is 0.883.